The Hall–Kier alpha value is -3.09. The van der Waals surface area contributed by atoms with Crippen molar-refractivity contribution in [2.75, 3.05) is 45.9 Å². The van der Waals surface area contributed by atoms with Gasteiger partial charge in [0.2, 0.25) is 11.8 Å². The summed E-state index contributed by atoms with van der Waals surface area (Å²) in [4.78, 5) is 65.8. The van der Waals surface area contributed by atoms with Crippen LogP contribution in [0.15, 0.2) is 0 Å². The van der Waals surface area contributed by atoms with E-state index in [1.165, 1.54) is 0 Å². The van der Waals surface area contributed by atoms with Gasteiger partial charge in [0, 0.05) is 51.6 Å². The van der Waals surface area contributed by atoms with Crippen LogP contribution in [0.5, 0.6) is 0 Å². The average Bonchev–Trinajstić information content (AvgIpc) is 2.98. The number of hydrogen-bond donors (Lipinski definition) is 3. The maximum absolute atomic E-state index is 13.4. The summed E-state index contributed by atoms with van der Waals surface area (Å²) in [6.45, 7) is 15.8. The molecule has 0 unspecified atom stereocenters. The first-order chi connectivity index (χ1) is 22.0. The van der Waals surface area contributed by atoms with Crippen molar-refractivity contribution in [2.45, 2.75) is 123 Å². The normalized spacial score (nSPS) is 17.2. The Bertz CT molecular complexity index is 973. The molecule has 4 N–H and O–H groups in total. The summed E-state index contributed by atoms with van der Waals surface area (Å²) < 4.78 is 15.9. The zero-order chi connectivity index (χ0) is 35.2. The minimum absolute atomic E-state index is 0.0340. The van der Waals surface area contributed by atoms with E-state index in [0.717, 1.165) is 51.4 Å². The molecule has 2 heterocycles. The van der Waals surface area contributed by atoms with Crippen molar-refractivity contribution in [1.29, 1.82) is 0 Å². The standard InChI is InChI=1S/C34H61N5O8/c1-8-45-30(42)27(35)23-37-28(40)13-18-36-29(41)26(11-9-24-14-19-38(20-15-24)31(43)46-33(2,3)4)12-10-25-16-21-39(22-17-25)32(44)47-34(5,6)7/h24-27H,8-23,35H2,1-7H3,(H,36,41)(H,37,40)/t27-/m0/s1. The molecule has 1 atom stereocenters. The molecule has 0 aliphatic carbocycles. The zero-order valence-corrected chi connectivity index (χ0v) is 29.9. The Morgan fingerprint density at radius 3 is 1.62 bits per heavy atom. The number of rotatable bonds is 14. The molecular weight excluding hydrogens is 606 g/mol. The summed E-state index contributed by atoms with van der Waals surface area (Å²) in [5.74, 6) is -0.336. The number of amides is 4. The van der Waals surface area contributed by atoms with Crippen LogP contribution < -0.4 is 16.4 Å². The lowest BCUT2D eigenvalue weighted by molar-refractivity contribution is -0.144. The molecule has 0 aromatic rings. The van der Waals surface area contributed by atoms with Crippen molar-refractivity contribution in [3.63, 3.8) is 0 Å². The third kappa shape index (κ3) is 16.0. The van der Waals surface area contributed by atoms with Gasteiger partial charge in [0.1, 0.15) is 17.2 Å². The third-order valence-corrected chi connectivity index (χ3v) is 8.51. The number of nitrogens with zero attached hydrogens (tertiary/aromatic N) is 2. The van der Waals surface area contributed by atoms with E-state index in [2.05, 4.69) is 10.6 Å². The van der Waals surface area contributed by atoms with Crippen LogP contribution in [-0.2, 0) is 28.6 Å². The van der Waals surface area contributed by atoms with E-state index in [1.54, 1.807) is 16.7 Å². The van der Waals surface area contributed by atoms with E-state index in [0.29, 0.717) is 38.0 Å². The van der Waals surface area contributed by atoms with Crippen molar-refractivity contribution < 1.29 is 38.2 Å². The van der Waals surface area contributed by atoms with E-state index in [1.807, 2.05) is 41.5 Å². The highest BCUT2D eigenvalue weighted by atomic mass is 16.6. The van der Waals surface area contributed by atoms with E-state index in [-0.39, 0.29) is 56.0 Å². The smallest absolute Gasteiger partial charge is 0.410 e. The van der Waals surface area contributed by atoms with Crippen molar-refractivity contribution in [2.24, 2.45) is 23.5 Å². The quantitative estimate of drug-likeness (QED) is 0.183. The van der Waals surface area contributed by atoms with E-state index < -0.39 is 23.2 Å². The second-order valence-electron chi connectivity index (χ2n) is 14.9. The molecule has 47 heavy (non-hydrogen) atoms. The Kier molecular flexibility index (Phi) is 16.2. The summed E-state index contributed by atoms with van der Waals surface area (Å²) in [7, 11) is 0. The maximum Gasteiger partial charge on any atom is 0.410 e. The van der Waals surface area contributed by atoms with Crippen LogP contribution in [0.2, 0.25) is 0 Å². The molecule has 13 heteroatoms. The molecule has 0 saturated carbocycles. The van der Waals surface area contributed by atoms with Gasteiger partial charge in [0.25, 0.3) is 0 Å². The molecule has 4 amide bonds. The molecule has 2 saturated heterocycles. The lowest BCUT2D eigenvalue weighted by Crippen LogP contribution is -2.44. The maximum atomic E-state index is 13.4. The number of piperidine rings is 2. The lowest BCUT2D eigenvalue weighted by atomic mass is 9.84. The molecule has 13 nitrogen and oxygen atoms in total. The van der Waals surface area contributed by atoms with Crippen molar-refractivity contribution in [1.82, 2.24) is 20.4 Å². The van der Waals surface area contributed by atoms with Crippen molar-refractivity contribution >= 4 is 30.0 Å². The number of nitrogens with two attached hydrogens (primary N) is 1. The van der Waals surface area contributed by atoms with Crippen LogP contribution >= 0.6 is 0 Å². The van der Waals surface area contributed by atoms with Gasteiger partial charge in [-0.1, -0.05) is 0 Å². The predicted molar refractivity (Wildman–Crippen MR) is 178 cm³/mol. The van der Waals surface area contributed by atoms with E-state index in [4.69, 9.17) is 19.9 Å². The first-order valence-electron chi connectivity index (χ1n) is 17.4. The van der Waals surface area contributed by atoms with Gasteiger partial charge in [-0.3, -0.25) is 14.4 Å². The number of ether oxygens (including phenoxy) is 3. The topological polar surface area (TPSA) is 170 Å². The largest absolute Gasteiger partial charge is 0.465 e. The first-order valence-corrected chi connectivity index (χ1v) is 17.4. The Morgan fingerprint density at radius 1 is 0.766 bits per heavy atom. The summed E-state index contributed by atoms with van der Waals surface area (Å²) >= 11 is 0. The number of carbonyl (C=O) groups is 5. The fourth-order valence-electron chi connectivity index (χ4n) is 5.83. The fourth-order valence-corrected chi connectivity index (χ4v) is 5.83. The van der Waals surface area contributed by atoms with Gasteiger partial charge in [0.05, 0.1) is 6.61 Å². The minimum atomic E-state index is -0.940. The number of esters is 1. The van der Waals surface area contributed by atoms with Gasteiger partial charge in [-0.2, -0.15) is 0 Å². The predicted octanol–water partition coefficient (Wildman–Crippen LogP) is 3.97. The fraction of sp³-hybridized carbons (Fsp3) is 0.853. The van der Waals surface area contributed by atoms with E-state index in [9.17, 15) is 24.0 Å². The van der Waals surface area contributed by atoms with Gasteiger partial charge in [0.15, 0.2) is 0 Å². The Balaban J connectivity index is 1.87. The molecular formula is C34H61N5O8. The van der Waals surface area contributed by atoms with Crippen LogP contribution in [0.4, 0.5) is 9.59 Å². The molecule has 0 spiro atoms. The molecule has 2 rings (SSSR count). The summed E-state index contributed by atoms with van der Waals surface area (Å²) in [5, 5.41) is 5.56. The molecule has 270 valence electrons. The molecule has 2 aliphatic heterocycles. The third-order valence-electron chi connectivity index (χ3n) is 8.51. The number of likely N-dealkylation sites (tertiary alicyclic amines) is 2. The SMILES string of the molecule is CCOC(=O)[C@@H](N)CNC(=O)CCNC(=O)C(CCC1CCN(C(=O)OC(C)(C)C)CC1)CCC1CCN(C(=O)OC(C)(C)C)CC1. The number of nitrogens with one attached hydrogen (secondary N) is 2. The molecule has 2 fully saturated rings. The summed E-state index contributed by atoms with van der Waals surface area (Å²) in [6, 6.07) is -0.940. The highest BCUT2D eigenvalue weighted by Gasteiger charge is 2.30. The van der Waals surface area contributed by atoms with Gasteiger partial charge >= 0.3 is 18.2 Å². The van der Waals surface area contributed by atoms with E-state index >= 15 is 0 Å². The van der Waals surface area contributed by atoms with Crippen LogP contribution in [0.3, 0.4) is 0 Å². The summed E-state index contributed by atoms with van der Waals surface area (Å²) in [6.07, 6.45) is 6.18. The molecule has 0 aromatic heterocycles. The highest BCUT2D eigenvalue weighted by molar-refractivity contribution is 5.81. The summed E-state index contributed by atoms with van der Waals surface area (Å²) in [5.41, 5.74) is 4.68. The second-order valence-corrected chi connectivity index (χ2v) is 14.9. The molecule has 2 aliphatic rings. The highest BCUT2D eigenvalue weighted by Crippen LogP contribution is 2.30. The lowest BCUT2D eigenvalue weighted by Gasteiger charge is -2.34. The first kappa shape index (κ1) is 40.1. The zero-order valence-electron chi connectivity index (χ0n) is 29.9. The monoisotopic (exact) mass is 667 g/mol. The molecule has 0 bridgehead atoms. The van der Waals surface area contributed by atoms with Gasteiger partial charge in [-0.25, -0.2) is 9.59 Å². The van der Waals surface area contributed by atoms with Crippen LogP contribution in [0.25, 0.3) is 0 Å². The van der Waals surface area contributed by atoms with Crippen LogP contribution in [-0.4, -0.2) is 103 Å². The molecule has 0 aromatic carbocycles. The number of carbonyl (C=O) groups excluding carboxylic acids is 5. The van der Waals surface area contributed by atoms with Gasteiger partial charge < -0.3 is 40.4 Å². The Morgan fingerprint density at radius 2 is 1.21 bits per heavy atom. The van der Waals surface area contributed by atoms with Crippen molar-refractivity contribution in [3.8, 4) is 0 Å². The minimum Gasteiger partial charge on any atom is -0.465 e. The van der Waals surface area contributed by atoms with Crippen LogP contribution in [0.1, 0.15) is 106 Å². The van der Waals surface area contributed by atoms with Gasteiger partial charge in [-0.05, 0) is 112 Å². The van der Waals surface area contributed by atoms with Crippen LogP contribution in [0, 0.1) is 17.8 Å². The number of hydrogen-bond acceptors (Lipinski definition) is 9. The average molecular weight is 668 g/mol. The Labute approximate surface area is 281 Å². The molecule has 0 radical (unpaired) electrons. The van der Waals surface area contributed by atoms with Gasteiger partial charge in [-0.15, -0.1) is 0 Å². The second kappa shape index (κ2) is 19.0. The van der Waals surface area contributed by atoms with Crippen molar-refractivity contribution in [3.05, 3.63) is 0 Å².